The van der Waals surface area contributed by atoms with E-state index in [9.17, 15) is 0 Å². The molecule has 0 fully saturated rings. The number of hydrogen-bond acceptors (Lipinski definition) is 4. The normalized spacial score (nSPS) is 13.8. The Bertz CT molecular complexity index is 808. The fourth-order valence-electron chi connectivity index (χ4n) is 2.76. The van der Waals surface area contributed by atoms with Gasteiger partial charge in [0, 0.05) is 23.9 Å². The molecule has 1 aliphatic rings. The lowest BCUT2D eigenvalue weighted by Crippen LogP contribution is -2.11. The molecule has 4 rings (SSSR count). The number of aromatic nitrogens is 1. The van der Waals surface area contributed by atoms with Crippen LogP contribution in [0.1, 0.15) is 12.0 Å². The second-order valence-corrected chi connectivity index (χ2v) is 5.25. The summed E-state index contributed by atoms with van der Waals surface area (Å²) in [4.78, 5) is 4.56. The topological polar surface area (TPSA) is 47.3 Å². The Balaban J connectivity index is 1.78. The molecular formula is C17H16N2O2. The van der Waals surface area contributed by atoms with Crippen molar-refractivity contribution in [1.82, 2.24) is 4.98 Å². The van der Waals surface area contributed by atoms with E-state index in [4.69, 9.17) is 9.15 Å². The number of benzene rings is 2. The predicted molar refractivity (Wildman–Crippen MR) is 82.8 cm³/mol. The molecule has 21 heavy (non-hydrogen) atoms. The molecule has 3 aromatic rings. The Morgan fingerprint density at radius 1 is 1.19 bits per heavy atom. The average Bonchev–Trinajstić information content (AvgIpc) is 2.97. The van der Waals surface area contributed by atoms with Crippen LogP contribution < -0.4 is 10.1 Å². The number of hydrogen-bond donors (Lipinski definition) is 1. The van der Waals surface area contributed by atoms with Crippen LogP contribution in [0.15, 0.2) is 40.8 Å². The third-order valence-electron chi connectivity index (χ3n) is 3.89. The highest BCUT2D eigenvalue weighted by molar-refractivity contribution is 5.78. The zero-order valence-electron chi connectivity index (χ0n) is 11.8. The number of methoxy groups -OCH3 is 1. The van der Waals surface area contributed by atoms with Gasteiger partial charge in [-0.25, -0.2) is 4.98 Å². The number of anilines is 1. The highest BCUT2D eigenvalue weighted by Gasteiger charge is 2.13. The predicted octanol–water partition coefficient (Wildman–Crippen LogP) is 3.86. The molecule has 4 heteroatoms. The van der Waals surface area contributed by atoms with Gasteiger partial charge in [0.2, 0.25) is 5.89 Å². The summed E-state index contributed by atoms with van der Waals surface area (Å²) in [6.07, 6.45) is 2.27. The van der Waals surface area contributed by atoms with E-state index in [1.165, 1.54) is 17.7 Å². The third-order valence-corrected chi connectivity index (χ3v) is 3.89. The van der Waals surface area contributed by atoms with Gasteiger partial charge in [-0.2, -0.15) is 0 Å². The third kappa shape index (κ3) is 2.13. The van der Waals surface area contributed by atoms with Gasteiger partial charge in [-0.1, -0.05) is 0 Å². The van der Waals surface area contributed by atoms with E-state index in [1.54, 1.807) is 7.11 Å². The molecule has 106 valence electrons. The van der Waals surface area contributed by atoms with Gasteiger partial charge in [-0.05, 0) is 48.7 Å². The largest absolute Gasteiger partial charge is 0.497 e. The monoisotopic (exact) mass is 280 g/mol. The second kappa shape index (κ2) is 4.81. The summed E-state index contributed by atoms with van der Waals surface area (Å²) >= 11 is 0. The lowest BCUT2D eigenvalue weighted by atomic mass is 10.0. The molecule has 0 spiro atoms. The molecule has 1 aliphatic heterocycles. The summed E-state index contributed by atoms with van der Waals surface area (Å²) in [5.74, 6) is 1.44. The zero-order chi connectivity index (χ0) is 14.2. The first-order valence-corrected chi connectivity index (χ1v) is 7.15. The number of nitrogens with zero attached hydrogens (tertiary/aromatic N) is 1. The van der Waals surface area contributed by atoms with Gasteiger partial charge in [0.25, 0.3) is 0 Å². The van der Waals surface area contributed by atoms with Crippen molar-refractivity contribution in [2.24, 2.45) is 0 Å². The maximum atomic E-state index is 5.88. The van der Waals surface area contributed by atoms with Crippen LogP contribution in [0.4, 0.5) is 5.69 Å². The van der Waals surface area contributed by atoms with Gasteiger partial charge in [0.1, 0.15) is 11.3 Å². The van der Waals surface area contributed by atoms with E-state index in [2.05, 4.69) is 28.5 Å². The van der Waals surface area contributed by atoms with E-state index in [-0.39, 0.29) is 0 Å². The second-order valence-electron chi connectivity index (χ2n) is 5.25. The molecule has 0 saturated carbocycles. The number of fused-ring (bicyclic) bond motifs is 2. The highest BCUT2D eigenvalue weighted by atomic mass is 16.5. The molecular weight excluding hydrogens is 264 g/mol. The quantitative estimate of drug-likeness (QED) is 0.774. The summed E-state index contributed by atoms with van der Waals surface area (Å²) in [6, 6.07) is 12.0. The molecule has 4 nitrogen and oxygen atoms in total. The van der Waals surface area contributed by atoms with Crippen LogP contribution in [0.5, 0.6) is 5.75 Å². The summed E-state index contributed by atoms with van der Waals surface area (Å²) in [5, 5.41) is 3.42. The van der Waals surface area contributed by atoms with Gasteiger partial charge >= 0.3 is 0 Å². The van der Waals surface area contributed by atoms with Crippen LogP contribution in [-0.2, 0) is 6.42 Å². The molecule has 0 aliphatic carbocycles. The number of nitrogens with one attached hydrogen (secondary N) is 1. The molecule has 0 atom stereocenters. The highest BCUT2D eigenvalue weighted by Crippen LogP contribution is 2.30. The molecule has 0 saturated heterocycles. The fraction of sp³-hybridized carbons (Fsp3) is 0.235. The minimum atomic E-state index is 0.659. The Labute approximate surface area is 122 Å². The Morgan fingerprint density at radius 2 is 2.14 bits per heavy atom. The van der Waals surface area contributed by atoms with E-state index in [0.29, 0.717) is 5.89 Å². The van der Waals surface area contributed by atoms with Crippen molar-refractivity contribution >= 4 is 16.8 Å². The summed E-state index contributed by atoms with van der Waals surface area (Å²) in [5.41, 5.74) is 5.18. The van der Waals surface area contributed by atoms with Crippen LogP contribution in [0.2, 0.25) is 0 Å². The van der Waals surface area contributed by atoms with E-state index in [1.807, 2.05) is 18.2 Å². The standard InChI is InChI=1S/C17H16N2O2/c1-20-13-5-7-15-16(10-13)21-17(19-15)12-4-6-14-11(9-12)3-2-8-18-14/h4-7,9-10,18H,2-3,8H2,1H3. The van der Waals surface area contributed by atoms with Crippen molar-refractivity contribution in [3.8, 4) is 17.2 Å². The number of aryl methyl sites for hydroxylation is 1. The summed E-state index contributed by atoms with van der Waals surface area (Å²) in [7, 11) is 1.65. The molecule has 2 aromatic carbocycles. The van der Waals surface area contributed by atoms with Crippen LogP contribution in [-0.4, -0.2) is 18.6 Å². The molecule has 0 unspecified atom stereocenters. The van der Waals surface area contributed by atoms with Crippen LogP contribution in [0.3, 0.4) is 0 Å². The summed E-state index contributed by atoms with van der Waals surface area (Å²) in [6.45, 7) is 1.05. The van der Waals surface area contributed by atoms with Crippen molar-refractivity contribution in [3.05, 3.63) is 42.0 Å². The van der Waals surface area contributed by atoms with Crippen molar-refractivity contribution < 1.29 is 9.15 Å². The molecule has 0 amide bonds. The first kappa shape index (κ1) is 12.3. The molecule has 0 radical (unpaired) electrons. The van der Waals surface area contributed by atoms with E-state index >= 15 is 0 Å². The van der Waals surface area contributed by atoms with Crippen molar-refractivity contribution in [2.45, 2.75) is 12.8 Å². The van der Waals surface area contributed by atoms with Gasteiger partial charge in [-0.3, -0.25) is 0 Å². The first-order valence-electron chi connectivity index (χ1n) is 7.15. The first-order chi connectivity index (χ1) is 10.3. The minimum absolute atomic E-state index is 0.659. The van der Waals surface area contributed by atoms with Crippen molar-refractivity contribution in [1.29, 1.82) is 0 Å². The minimum Gasteiger partial charge on any atom is -0.497 e. The maximum Gasteiger partial charge on any atom is 0.227 e. The smallest absolute Gasteiger partial charge is 0.227 e. The molecule has 2 heterocycles. The molecule has 1 aromatic heterocycles. The number of oxazole rings is 1. The number of rotatable bonds is 2. The Hall–Kier alpha value is -2.49. The molecule has 0 bridgehead atoms. The van der Waals surface area contributed by atoms with Gasteiger partial charge < -0.3 is 14.5 Å². The maximum absolute atomic E-state index is 5.88. The zero-order valence-corrected chi connectivity index (χ0v) is 11.8. The van der Waals surface area contributed by atoms with Crippen molar-refractivity contribution in [2.75, 3.05) is 19.0 Å². The Kier molecular flexibility index (Phi) is 2.81. The van der Waals surface area contributed by atoms with Crippen LogP contribution >= 0.6 is 0 Å². The lowest BCUT2D eigenvalue weighted by Gasteiger charge is -2.17. The van der Waals surface area contributed by atoms with Gasteiger partial charge in [0.15, 0.2) is 5.58 Å². The van der Waals surface area contributed by atoms with Crippen LogP contribution in [0, 0.1) is 0 Å². The average molecular weight is 280 g/mol. The van der Waals surface area contributed by atoms with E-state index < -0.39 is 0 Å². The molecule has 1 N–H and O–H groups in total. The van der Waals surface area contributed by atoms with Crippen LogP contribution in [0.25, 0.3) is 22.6 Å². The van der Waals surface area contributed by atoms with Crippen molar-refractivity contribution in [3.63, 3.8) is 0 Å². The number of ether oxygens (including phenoxy) is 1. The van der Waals surface area contributed by atoms with E-state index in [0.717, 1.165) is 35.4 Å². The fourth-order valence-corrected chi connectivity index (χ4v) is 2.76. The SMILES string of the molecule is COc1ccc2nc(-c3ccc4c(c3)CCCN4)oc2c1. The Morgan fingerprint density at radius 3 is 3.05 bits per heavy atom. The lowest BCUT2D eigenvalue weighted by molar-refractivity contribution is 0.414. The summed E-state index contributed by atoms with van der Waals surface area (Å²) < 4.78 is 11.1. The van der Waals surface area contributed by atoms with Gasteiger partial charge in [0.05, 0.1) is 7.11 Å². The van der Waals surface area contributed by atoms with Gasteiger partial charge in [-0.15, -0.1) is 0 Å².